The molecule has 1 nitrogen and oxygen atoms in total. The Bertz CT molecular complexity index is 580. The lowest BCUT2D eigenvalue weighted by Gasteiger charge is -2.18. The monoisotopic (exact) mass is 305 g/mol. The maximum atomic E-state index is 13.1. The molecular formula is C18H21ClFN. The highest BCUT2D eigenvalue weighted by atomic mass is 35.5. The smallest absolute Gasteiger partial charge is 0.124 e. The van der Waals surface area contributed by atoms with Crippen molar-refractivity contribution in [3.8, 4) is 0 Å². The van der Waals surface area contributed by atoms with Crippen LogP contribution in [0.3, 0.4) is 0 Å². The molecule has 2 rings (SSSR count). The quantitative estimate of drug-likeness (QED) is 0.833. The number of hydrogen-bond donors (Lipinski definition) is 1. The highest BCUT2D eigenvalue weighted by Crippen LogP contribution is 2.22. The average molecular weight is 306 g/mol. The van der Waals surface area contributed by atoms with Gasteiger partial charge in [0.25, 0.3) is 0 Å². The van der Waals surface area contributed by atoms with Crippen molar-refractivity contribution in [2.24, 2.45) is 5.92 Å². The minimum atomic E-state index is -0.285. The molecule has 2 aromatic rings. The van der Waals surface area contributed by atoms with Gasteiger partial charge in [0, 0.05) is 5.02 Å². The summed E-state index contributed by atoms with van der Waals surface area (Å²) in [7, 11) is 1.95. The minimum Gasteiger partial charge on any atom is -0.319 e. The number of hydrogen-bond acceptors (Lipinski definition) is 1. The summed E-state index contributed by atoms with van der Waals surface area (Å²) in [5.41, 5.74) is 3.59. The van der Waals surface area contributed by atoms with Gasteiger partial charge in [0.05, 0.1) is 0 Å². The zero-order valence-corrected chi connectivity index (χ0v) is 13.3. The fourth-order valence-electron chi connectivity index (χ4n) is 2.56. The van der Waals surface area contributed by atoms with Crippen molar-refractivity contribution in [3.05, 3.63) is 70.0 Å². The fraction of sp³-hybridized carbons (Fsp3) is 0.333. The average Bonchev–Trinajstić information content (AvgIpc) is 2.44. The predicted molar refractivity (Wildman–Crippen MR) is 87.4 cm³/mol. The largest absolute Gasteiger partial charge is 0.319 e. The summed E-state index contributed by atoms with van der Waals surface area (Å²) in [6.45, 7) is 2.99. The minimum absolute atomic E-state index is 0.285. The van der Waals surface area contributed by atoms with E-state index in [1.165, 1.54) is 23.3 Å². The summed E-state index contributed by atoms with van der Waals surface area (Å²) in [6, 6.07) is 13.3. The Balaban J connectivity index is 2.09. The Morgan fingerprint density at radius 2 is 1.81 bits per heavy atom. The molecule has 1 N–H and O–H groups in total. The van der Waals surface area contributed by atoms with Crippen molar-refractivity contribution in [2.75, 3.05) is 13.6 Å². The van der Waals surface area contributed by atoms with Crippen molar-refractivity contribution >= 4 is 11.6 Å². The van der Waals surface area contributed by atoms with Crippen LogP contribution >= 0.6 is 11.6 Å². The molecule has 0 saturated heterocycles. The summed E-state index contributed by atoms with van der Waals surface area (Å²) >= 11 is 6.14. The van der Waals surface area contributed by atoms with Gasteiger partial charge in [-0.3, -0.25) is 0 Å². The number of nitrogens with one attached hydrogen (secondary N) is 1. The highest BCUT2D eigenvalue weighted by molar-refractivity contribution is 6.31. The van der Waals surface area contributed by atoms with E-state index >= 15 is 0 Å². The molecule has 0 heterocycles. The van der Waals surface area contributed by atoms with Gasteiger partial charge >= 0.3 is 0 Å². The Labute approximate surface area is 131 Å². The molecule has 0 fully saturated rings. The molecule has 0 amide bonds. The maximum absolute atomic E-state index is 13.1. The van der Waals surface area contributed by atoms with Crippen LogP contribution in [0.1, 0.15) is 16.7 Å². The second kappa shape index (κ2) is 7.58. The Morgan fingerprint density at radius 3 is 2.43 bits per heavy atom. The third kappa shape index (κ3) is 4.83. The van der Waals surface area contributed by atoms with Gasteiger partial charge in [0.2, 0.25) is 0 Å². The van der Waals surface area contributed by atoms with E-state index in [9.17, 15) is 4.39 Å². The van der Waals surface area contributed by atoms with Crippen LogP contribution in [0.25, 0.3) is 0 Å². The van der Waals surface area contributed by atoms with Crippen LogP contribution < -0.4 is 5.32 Å². The third-order valence-corrected chi connectivity index (χ3v) is 4.01. The van der Waals surface area contributed by atoms with Crippen LogP contribution in [0.15, 0.2) is 42.5 Å². The number of halogens is 2. The number of rotatable bonds is 6. The van der Waals surface area contributed by atoms with Gasteiger partial charge in [-0.05, 0) is 62.5 Å². The van der Waals surface area contributed by atoms with E-state index in [1.54, 1.807) is 6.07 Å². The molecule has 112 valence electrons. The van der Waals surface area contributed by atoms with Crippen molar-refractivity contribution in [2.45, 2.75) is 19.8 Å². The molecule has 21 heavy (non-hydrogen) atoms. The van der Waals surface area contributed by atoms with E-state index in [0.717, 1.165) is 24.9 Å². The van der Waals surface area contributed by atoms with Crippen molar-refractivity contribution in [1.29, 1.82) is 0 Å². The number of aryl methyl sites for hydroxylation is 1. The third-order valence-electron chi connectivity index (χ3n) is 3.66. The Kier molecular flexibility index (Phi) is 5.77. The molecule has 0 bridgehead atoms. The molecule has 0 aliphatic rings. The first-order valence-electron chi connectivity index (χ1n) is 7.22. The molecule has 0 saturated carbocycles. The van der Waals surface area contributed by atoms with Crippen LogP contribution in [0.2, 0.25) is 5.02 Å². The van der Waals surface area contributed by atoms with Gasteiger partial charge in [0.15, 0.2) is 0 Å². The number of benzene rings is 2. The van der Waals surface area contributed by atoms with E-state index < -0.39 is 0 Å². The van der Waals surface area contributed by atoms with Gasteiger partial charge in [-0.2, -0.15) is 0 Å². The summed E-state index contributed by atoms with van der Waals surface area (Å²) in [5, 5.41) is 3.75. The highest BCUT2D eigenvalue weighted by Gasteiger charge is 2.12. The molecule has 0 aliphatic carbocycles. The molecule has 2 aromatic carbocycles. The molecule has 0 aromatic heterocycles. The van der Waals surface area contributed by atoms with Gasteiger partial charge in [0.1, 0.15) is 5.82 Å². The lowest BCUT2D eigenvalue weighted by molar-refractivity contribution is 0.493. The Morgan fingerprint density at radius 1 is 1.10 bits per heavy atom. The van der Waals surface area contributed by atoms with Gasteiger partial charge in [-0.15, -0.1) is 0 Å². The summed E-state index contributed by atoms with van der Waals surface area (Å²) in [6.07, 6.45) is 1.82. The predicted octanol–water partition coefficient (Wildman–Crippen LogP) is 4.41. The second-order valence-electron chi connectivity index (χ2n) is 5.55. The van der Waals surface area contributed by atoms with Crippen LogP contribution in [0.4, 0.5) is 4.39 Å². The van der Waals surface area contributed by atoms with Gasteiger partial charge in [-0.25, -0.2) is 4.39 Å². The Hall–Kier alpha value is -1.38. The molecular weight excluding hydrogens is 285 g/mol. The SMILES string of the molecule is CNCC(Cc1ccc(C)cc1)Cc1ccc(F)cc1Cl. The first-order chi connectivity index (χ1) is 10.1. The van der Waals surface area contributed by atoms with Crippen LogP contribution in [0, 0.1) is 18.7 Å². The van der Waals surface area contributed by atoms with Gasteiger partial charge in [-0.1, -0.05) is 47.5 Å². The normalized spacial score (nSPS) is 12.4. The van der Waals surface area contributed by atoms with Crippen molar-refractivity contribution < 1.29 is 4.39 Å². The standard InChI is InChI=1S/C18H21ClFN/c1-13-3-5-14(6-4-13)9-15(12-21-2)10-16-7-8-17(20)11-18(16)19/h3-8,11,15,21H,9-10,12H2,1-2H3. The molecule has 0 radical (unpaired) electrons. The second-order valence-corrected chi connectivity index (χ2v) is 5.96. The first-order valence-corrected chi connectivity index (χ1v) is 7.60. The summed E-state index contributed by atoms with van der Waals surface area (Å²) < 4.78 is 13.1. The van der Waals surface area contributed by atoms with E-state index in [-0.39, 0.29) is 5.82 Å². The fourth-order valence-corrected chi connectivity index (χ4v) is 2.81. The van der Waals surface area contributed by atoms with Crippen molar-refractivity contribution in [1.82, 2.24) is 5.32 Å². The zero-order valence-electron chi connectivity index (χ0n) is 12.5. The lowest BCUT2D eigenvalue weighted by atomic mass is 9.92. The van der Waals surface area contributed by atoms with Crippen LogP contribution in [0.5, 0.6) is 0 Å². The molecule has 1 unspecified atom stereocenters. The van der Waals surface area contributed by atoms with E-state index in [1.807, 2.05) is 7.05 Å². The molecule has 3 heteroatoms. The van der Waals surface area contributed by atoms with Crippen molar-refractivity contribution in [3.63, 3.8) is 0 Å². The molecule has 1 atom stereocenters. The topological polar surface area (TPSA) is 12.0 Å². The summed E-state index contributed by atoms with van der Waals surface area (Å²) in [5.74, 6) is 0.146. The van der Waals surface area contributed by atoms with E-state index in [0.29, 0.717) is 10.9 Å². The summed E-state index contributed by atoms with van der Waals surface area (Å²) in [4.78, 5) is 0. The van der Waals surface area contributed by atoms with Gasteiger partial charge < -0.3 is 5.32 Å². The molecule has 0 spiro atoms. The maximum Gasteiger partial charge on any atom is 0.124 e. The van der Waals surface area contributed by atoms with Crippen LogP contribution in [-0.4, -0.2) is 13.6 Å². The van der Waals surface area contributed by atoms with E-state index in [4.69, 9.17) is 11.6 Å². The van der Waals surface area contributed by atoms with Crippen LogP contribution in [-0.2, 0) is 12.8 Å². The zero-order chi connectivity index (χ0) is 15.2. The molecule has 0 aliphatic heterocycles. The first kappa shape index (κ1) is 16.0. The van der Waals surface area contributed by atoms with E-state index in [2.05, 4.69) is 36.5 Å². The lowest BCUT2D eigenvalue weighted by Crippen LogP contribution is -2.23.